The van der Waals surface area contributed by atoms with Crippen LogP contribution < -0.4 is 0 Å². The lowest BCUT2D eigenvalue weighted by Gasteiger charge is -2.21. The SMILES string of the molecule is Cc1cc2conc2cc1C(C)(C)C. The second kappa shape index (κ2) is 2.84. The van der Waals surface area contributed by atoms with Crippen LogP contribution in [-0.2, 0) is 5.41 Å². The lowest BCUT2D eigenvalue weighted by Crippen LogP contribution is -2.12. The summed E-state index contributed by atoms with van der Waals surface area (Å²) in [7, 11) is 0. The molecule has 0 saturated carbocycles. The number of aromatic nitrogens is 1. The van der Waals surface area contributed by atoms with E-state index in [1.165, 1.54) is 11.1 Å². The van der Waals surface area contributed by atoms with Crippen LogP contribution in [0, 0.1) is 6.92 Å². The average molecular weight is 189 g/mol. The predicted molar refractivity (Wildman–Crippen MR) is 57.4 cm³/mol. The number of nitrogens with zero attached hydrogens (tertiary/aromatic N) is 1. The van der Waals surface area contributed by atoms with Crippen LogP contribution in [0.15, 0.2) is 22.9 Å². The van der Waals surface area contributed by atoms with E-state index in [1.807, 2.05) is 0 Å². The minimum Gasteiger partial charge on any atom is -0.364 e. The van der Waals surface area contributed by atoms with Crippen LogP contribution in [0.4, 0.5) is 0 Å². The molecule has 0 aliphatic rings. The molecule has 1 aromatic carbocycles. The van der Waals surface area contributed by atoms with Crippen molar-refractivity contribution < 1.29 is 4.52 Å². The van der Waals surface area contributed by atoms with E-state index in [1.54, 1.807) is 6.26 Å². The van der Waals surface area contributed by atoms with Crippen LogP contribution in [0.2, 0.25) is 0 Å². The summed E-state index contributed by atoms with van der Waals surface area (Å²) in [5, 5.41) is 5.04. The first-order valence-corrected chi connectivity index (χ1v) is 4.84. The van der Waals surface area contributed by atoms with Gasteiger partial charge >= 0.3 is 0 Å². The number of hydrogen-bond donors (Lipinski definition) is 0. The Balaban J connectivity index is 2.71. The molecule has 0 radical (unpaired) electrons. The summed E-state index contributed by atoms with van der Waals surface area (Å²) in [4.78, 5) is 0. The first kappa shape index (κ1) is 9.25. The number of rotatable bonds is 0. The van der Waals surface area contributed by atoms with Crippen LogP contribution in [0.25, 0.3) is 10.9 Å². The molecule has 0 fully saturated rings. The van der Waals surface area contributed by atoms with Gasteiger partial charge in [0.25, 0.3) is 0 Å². The molecule has 0 amide bonds. The molecule has 0 saturated heterocycles. The molecule has 74 valence electrons. The van der Waals surface area contributed by atoms with Crippen molar-refractivity contribution in [2.24, 2.45) is 0 Å². The van der Waals surface area contributed by atoms with Gasteiger partial charge in [0.05, 0.1) is 0 Å². The largest absolute Gasteiger partial charge is 0.364 e. The molecule has 0 N–H and O–H groups in total. The van der Waals surface area contributed by atoms with Gasteiger partial charge in [-0.2, -0.15) is 0 Å². The normalized spacial score (nSPS) is 12.3. The fourth-order valence-corrected chi connectivity index (χ4v) is 1.84. The van der Waals surface area contributed by atoms with Gasteiger partial charge in [-0.05, 0) is 35.6 Å². The van der Waals surface area contributed by atoms with Crippen molar-refractivity contribution in [2.45, 2.75) is 33.1 Å². The maximum absolute atomic E-state index is 4.94. The van der Waals surface area contributed by atoms with Crippen LogP contribution in [0.1, 0.15) is 31.9 Å². The standard InChI is InChI=1S/C12H15NO/c1-8-5-9-7-14-13-11(9)6-10(8)12(2,3)4/h5-7H,1-4H3. The Morgan fingerprint density at radius 2 is 1.93 bits per heavy atom. The molecular formula is C12H15NO. The predicted octanol–water partition coefficient (Wildman–Crippen LogP) is 3.43. The molecule has 0 aliphatic carbocycles. The number of aryl methyl sites for hydroxylation is 1. The average Bonchev–Trinajstić information content (AvgIpc) is 2.47. The third-order valence-electron chi connectivity index (χ3n) is 2.51. The summed E-state index contributed by atoms with van der Waals surface area (Å²) < 4.78 is 4.94. The van der Waals surface area contributed by atoms with Gasteiger partial charge in [0, 0.05) is 5.39 Å². The molecular weight excluding hydrogens is 174 g/mol. The summed E-state index contributed by atoms with van der Waals surface area (Å²) in [6, 6.07) is 4.25. The van der Waals surface area contributed by atoms with E-state index in [4.69, 9.17) is 4.52 Å². The van der Waals surface area contributed by atoms with Crippen molar-refractivity contribution >= 4 is 10.9 Å². The van der Waals surface area contributed by atoms with E-state index in [-0.39, 0.29) is 5.41 Å². The third kappa shape index (κ3) is 1.41. The zero-order chi connectivity index (χ0) is 10.3. The highest BCUT2D eigenvalue weighted by atomic mass is 16.5. The lowest BCUT2D eigenvalue weighted by molar-refractivity contribution is 0.428. The van der Waals surface area contributed by atoms with Crippen molar-refractivity contribution in [3.05, 3.63) is 29.5 Å². The monoisotopic (exact) mass is 189 g/mol. The molecule has 0 atom stereocenters. The van der Waals surface area contributed by atoms with E-state index in [0.29, 0.717) is 0 Å². The summed E-state index contributed by atoms with van der Waals surface area (Å²) in [5.74, 6) is 0. The van der Waals surface area contributed by atoms with Crippen molar-refractivity contribution in [1.82, 2.24) is 5.16 Å². The van der Waals surface area contributed by atoms with Crippen LogP contribution in [0.3, 0.4) is 0 Å². The minimum absolute atomic E-state index is 0.164. The molecule has 2 aromatic rings. The molecule has 2 heteroatoms. The third-order valence-corrected chi connectivity index (χ3v) is 2.51. The topological polar surface area (TPSA) is 26.0 Å². The molecule has 0 spiro atoms. The maximum atomic E-state index is 4.94. The fraction of sp³-hybridized carbons (Fsp3) is 0.417. The Labute approximate surface area is 83.9 Å². The first-order chi connectivity index (χ1) is 6.48. The molecule has 0 bridgehead atoms. The Hall–Kier alpha value is -1.31. The van der Waals surface area contributed by atoms with Gasteiger partial charge in [0.15, 0.2) is 0 Å². The Kier molecular flexibility index (Phi) is 1.88. The zero-order valence-electron chi connectivity index (χ0n) is 9.09. The van der Waals surface area contributed by atoms with Gasteiger partial charge in [-0.3, -0.25) is 0 Å². The van der Waals surface area contributed by atoms with E-state index in [2.05, 4.69) is 45.0 Å². The Bertz CT molecular complexity index is 463. The van der Waals surface area contributed by atoms with Crippen molar-refractivity contribution in [1.29, 1.82) is 0 Å². The van der Waals surface area contributed by atoms with Gasteiger partial charge in [0.2, 0.25) is 0 Å². The molecule has 1 aromatic heterocycles. The fourth-order valence-electron chi connectivity index (χ4n) is 1.84. The van der Waals surface area contributed by atoms with Crippen molar-refractivity contribution in [3.63, 3.8) is 0 Å². The van der Waals surface area contributed by atoms with Crippen LogP contribution in [0.5, 0.6) is 0 Å². The molecule has 0 unspecified atom stereocenters. The smallest absolute Gasteiger partial charge is 0.131 e. The molecule has 2 rings (SSSR count). The number of fused-ring (bicyclic) bond motifs is 1. The second-order valence-corrected chi connectivity index (χ2v) is 4.79. The first-order valence-electron chi connectivity index (χ1n) is 4.84. The van der Waals surface area contributed by atoms with Gasteiger partial charge in [-0.15, -0.1) is 0 Å². The second-order valence-electron chi connectivity index (χ2n) is 4.79. The van der Waals surface area contributed by atoms with Crippen molar-refractivity contribution in [3.8, 4) is 0 Å². The van der Waals surface area contributed by atoms with Gasteiger partial charge in [0.1, 0.15) is 11.8 Å². The van der Waals surface area contributed by atoms with Crippen LogP contribution >= 0.6 is 0 Å². The highest BCUT2D eigenvalue weighted by Gasteiger charge is 2.17. The van der Waals surface area contributed by atoms with Gasteiger partial charge in [-0.1, -0.05) is 25.9 Å². The quantitative estimate of drug-likeness (QED) is 0.634. The van der Waals surface area contributed by atoms with E-state index in [0.717, 1.165) is 10.9 Å². The summed E-state index contributed by atoms with van der Waals surface area (Å²) in [6.45, 7) is 8.76. The minimum atomic E-state index is 0.164. The van der Waals surface area contributed by atoms with E-state index >= 15 is 0 Å². The molecule has 0 aliphatic heterocycles. The number of benzene rings is 1. The van der Waals surface area contributed by atoms with E-state index in [9.17, 15) is 0 Å². The maximum Gasteiger partial charge on any atom is 0.131 e. The molecule has 2 nitrogen and oxygen atoms in total. The van der Waals surface area contributed by atoms with Crippen LogP contribution in [-0.4, -0.2) is 5.16 Å². The lowest BCUT2D eigenvalue weighted by atomic mass is 9.84. The summed E-state index contributed by atoms with van der Waals surface area (Å²) in [6.07, 6.45) is 1.69. The van der Waals surface area contributed by atoms with Gasteiger partial charge in [-0.25, -0.2) is 0 Å². The summed E-state index contributed by atoms with van der Waals surface area (Å²) in [5.41, 5.74) is 3.74. The van der Waals surface area contributed by atoms with Gasteiger partial charge < -0.3 is 4.52 Å². The van der Waals surface area contributed by atoms with E-state index < -0.39 is 0 Å². The highest BCUT2D eigenvalue weighted by molar-refractivity contribution is 5.79. The molecule has 1 heterocycles. The Morgan fingerprint density at radius 3 is 2.57 bits per heavy atom. The summed E-state index contributed by atoms with van der Waals surface area (Å²) >= 11 is 0. The van der Waals surface area contributed by atoms with Crippen molar-refractivity contribution in [2.75, 3.05) is 0 Å². The number of hydrogen-bond acceptors (Lipinski definition) is 2. The zero-order valence-corrected chi connectivity index (χ0v) is 9.09. The highest BCUT2D eigenvalue weighted by Crippen LogP contribution is 2.28. The Morgan fingerprint density at radius 1 is 1.21 bits per heavy atom. The molecule has 14 heavy (non-hydrogen) atoms.